The van der Waals surface area contributed by atoms with Crippen molar-refractivity contribution in [3.8, 4) is 5.69 Å². The summed E-state index contributed by atoms with van der Waals surface area (Å²) in [5.74, 6) is -0.355. The molecule has 3 rings (SSSR count). The van der Waals surface area contributed by atoms with Crippen molar-refractivity contribution in [2.75, 3.05) is 0 Å². The lowest BCUT2D eigenvalue weighted by molar-refractivity contribution is 0.616. The molecule has 1 aromatic carbocycles. The minimum absolute atomic E-state index is 0.204. The van der Waals surface area contributed by atoms with Gasteiger partial charge in [0.15, 0.2) is 4.77 Å². The lowest BCUT2D eigenvalue weighted by Crippen LogP contribution is -2.21. The van der Waals surface area contributed by atoms with Gasteiger partial charge < -0.3 is 4.98 Å². The van der Waals surface area contributed by atoms with Crippen LogP contribution in [0.15, 0.2) is 23.0 Å². The third kappa shape index (κ3) is 2.06. The number of nitrogens with zero attached hydrogens (tertiary/aromatic N) is 1. The third-order valence-corrected chi connectivity index (χ3v) is 5.11. The number of fused-ring (bicyclic) bond motifs is 1. The van der Waals surface area contributed by atoms with Gasteiger partial charge >= 0.3 is 0 Å². The molecule has 0 spiro atoms. The van der Waals surface area contributed by atoms with Crippen LogP contribution in [0.25, 0.3) is 15.9 Å². The summed E-state index contributed by atoms with van der Waals surface area (Å²) in [4.78, 5) is 17.7. The molecule has 0 saturated heterocycles. The molecule has 3 aromatic rings. The molecule has 0 radical (unpaired) electrons. The number of hydrogen-bond donors (Lipinski definition) is 1. The Hall–Kier alpha value is -1.79. The summed E-state index contributed by atoms with van der Waals surface area (Å²) < 4.78 is 15.4. The van der Waals surface area contributed by atoms with E-state index in [4.69, 9.17) is 12.2 Å². The molecule has 1 N–H and O–H groups in total. The van der Waals surface area contributed by atoms with E-state index in [-0.39, 0.29) is 16.1 Å². The van der Waals surface area contributed by atoms with E-state index in [9.17, 15) is 9.18 Å². The van der Waals surface area contributed by atoms with Crippen molar-refractivity contribution >= 4 is 33.8 Å². The van der Waals surface area contributed by atoms with Gasteiger partial charge in [-0.05, 0) is 50.7 Å². The number of aromatic nitrogens is 2. The molecule has 0 atom stereocenters. The summed E-state index contributed by atoms with van der Waals surface area (Å²) in [7, 11) is 0. The zero-order chi connectivity index (χ0) is 15.3. The van der Waals surface area contributed by atoms with Crippen molar-refractivity contribution < 1.29 is 4.39 Å². The van der Waals surface area contributed by atoms with Gasteiger partial charge in [0, 0.05) is 10.4 Å². The molecule has 0 aliphatic rings. The van der Waals surface area contributed by atoms with Crippen molar-refractivity contribution in [3.05, 3.63) is 55.1 Å². The average molecular weight is 320 g/mol. The number of aryl methyl sites for hydroxylation is 2. The predicted octanol–water partition coefficient (Wildman–Crippen LogP) is 4.17. The van der Waals surface area contributed by atoms with E-state index < -0.39 is 0 Å². The molecule has 21 heavy (non-hydrogen) atoms. The molecule has 6 heteroatoms. The first-order chi connectivity index (χ1) is 9.91. The van der Waals surface area contributed by atoms with E-state index in [1.54, 1.807) is 19.1 Å². The van der Waals surface area contributed by atoms with Gasteiger partial charge in [0.25, 0.3) is 5.56 Å². The Bertz CT molecular complexity index is 982. The quantitative estimate of drug-likeness (QED) is 0.683. The number of aromatic amines is 1. The molecule has 2 aromatic heterocycles. The number of hydrogen-bond acceptors (Lipinski definition) is 3. The second kappa shape index (κ2) is 4.89. The standard InChI is InChI=1S/C15H13FN2OS2/c1-7-9(3)21-13-12(7)14(19)18(15(20)17-13)11-6-4-5-10(16)8(11)2/h4-6H,1-3H3,(H,17,20). The van der Waals surface area contributed by atoms with Crippen molar-refractivity contribution in [2.24, 2.45) is 0 Å². The summed E-state index contributed by atoms with van der Waals surface area (Å²) in [5, 5.41) is 0.620. The lowest BCUT2D eigenvalue weighted by atomic mass is 10.1. The van der Waals surface area contributed by atoms with Crippen LogP contribution in [-0.4, -0.2) is 9.55 Å². The molecular weight excluding hydrogens is 307 g/mol. The molecule has 0 unspecified atom stereocenters. The molecular formula is C15H13FN2OS2. The van der Waals surface area contributed by atoms with Crippen LogP contribution in [0.2, 0.25) is 0 Å². The molecule has 0 bridgehead atoms. The largest absolute Gasteiger partial charge is 0.323 e. The number of halogens is 1. The number of benzene rings is 1. The van der Waals surface area contributed by atoms with Crippen LogP contribution >= 0.6 is 23.6 Å². The van der Waals surface area contributed by atoms with Crippen LogP contribution in [0.1, 0.15) is 16.0 Å². The fraction of sp³-hybridized carbons (Fsp3) is 0.200. The Morgan fingerprint density at radius 1 is 1.24 bits per heavy atom. The summed E-state index contributed by atoms with van der Waals surface area (Å²) in [5.41, 5.74) is 1.62. The summed E-state index contributed by atoms with van der Waals surface area (Å²) >= 11 is 6.80. The second-order valence-electron chi connectivity index (χ2n) is 4.94. The van der Waals surface area contributed by atoms with Crippen LogP contribution in [0.4, 0.5) is 4.39 Å². The summed E-state index contributed by atoms with van der Waals surface area (Å²) in [6.45, 7) is 5.52. The molecule has 2 heterocycles. The number of H-pyrrole nitrogens is 1. The van der Waals surface area contributed by atoms with Gasteiger partial charge in [-0.15, -0.1) is 11.3 Å². The van der Waals surface area contributed by atoms with E-state index in [2.05, 4.69) is 4.98 Å². The molecule has 0 saturated carbocycles. The lowest BCUT2D eigenvalue weighted by Gasteiger charge is -2.10. The van der Waals surface area contributed by atoms with Gasteiger partial charge in [-0.3, -0.25) is 9.36 Å². The van der Waals surface area contributed by atoms with E-state index >= 15 is 0 Å². The van der Waals surface area contributed by atoms with Gasteiger partial charge in [0.2, 0.25) is 0 Å². The van der Waals surface area contributed by atoms with Crippen LogP contribution in [-0.2, 0) is 0 Å². The highest BCUT2D eigenvalue weighted by molar-refractivity contribution is 7.71. The van der Waals surface area contributed by atoms with Gasteiger partial charge in [-0.1, -0.05) is 6.07 Å². The van der Waals surface area contributed by atoms with Crippen molar-refractivity contribution in [2.45, 2.75) is 20.8 Å². The van der Waals surface area contributed by atoms with Crippen LogP contribution in [0, 0.1) is 31.4 Å². The first kappa shape index (κ1) is 14.2. The number of rotatable bonds is 1. The third-order valence-electron chi connectivity index (χ3n) is 3.71. The minimum Gasteiger partial charge on any atom is -0.323 e. The first-order valence-corrected chi connectivity index (χ1v) is 7.65. The number of thiophene rings is 1. The molecule has 0 aliphatic carbocycles. The Morgan fingerprint density at radius 2 is 1.95 bits per heavy atom. The maximum Gasteiger partial charge on any atom is 0.267 e. The van der Waals surface area contributed by atoms with E-state index in [0.717, 1.165) is 15.3 Å². The fourth-order valence-electron chi connectivity index (χ4n) is 2.39. The van der Waals surface area contributed by atoms with Crippen molar-refractivity contribution in [1.29, 1.82) is 0 Å². The second-order valence-corrected chi connectivity index (χ2v) is 6.55. The molecule has 0 aliphatic heterocycles. The summed E-state index contributed by atoms with van der Waals surface area (Å²) in [6.07, 6.45) is 0. The molecule has 0 fully saturated rings. The number of nitrogens with one attached hydrogen (secondary N) is 1. The predicted molar refractivity (Wildman–Crippen MR) is 86.8 cm³/mol. The normalized spacial score (nSPS) is 11.2. The van der Waals surface area contributed by atoms with Crippen LogP contribution < -0.4 is 5.56 Å². The van der Waals surface area contributed by atoms with Gasteiger partial charge in [-0.25, -0.2) is 4.39 Å². The minimum atomic E-state index is -0.355. The molecule has 108 valence electrons. The summed E-state index contributed by atoms with van der Waals surface area (Å²) in [6, 6.07) is 4.65. The van der Waals surface area contributed by atoms with E-state index in [0.29, 0.717) is 16.6 Å². The average Bonchev–Trinajstić information content (AvgIpc) is 2.70. The highest BCUT2D eigenvalue weighted by Crippen LogP contribution is 2.26. The SMILES string of the molecule is Cc1sc2[nH]c(=S)n(-c3cccc(F)c3C)c(=O)c2c1C. The highest BCUT2D eigenvalue weighted by Gasteiger charge is 2.15. The Balaban J connectivity index is 2.49. The zero-order valence-corrected chi connectivity index (χ0v) is 13.4. The van der Waals surface area contributed by atoms with E-state index in [1.165, 1.54) is 22.0 Å². The highest BCUT2D eigenvalue weighted by atomic mass is 32.1. The Kier molecular flexibility index (Phi) is 3.30. The van der Waals surface area contributed by atoms with Crippen molar-refractivity contribution in [3.63, 3.8) is 0 Å². The first-order valence-electron chi connectivity index (χ1n) is 6.42. The topological polar surface area (TPSA) is 37.8 Å². The zero-order valence-electron chi connectivity index (χ0n) is 11.8. The van der Waals surface area contributed by atoms with Gasteiger partial charge in [0.05, 0.1) is 11.1 Å². The smallest absolute Gasteiger partial charge is 0.267 e. The van der Waals surface area contributed by atoms with Gasteiger partial charge in [0.1, 0.15) is 10.6 Å². The van der Waals surface area contributed by atoms with Crippen molar-refractivity contribution in [1.82, 2.24) is 9.55 Å². The Morgan fingerprint density at radius 3 is 2.67 bits per heavy atom. The van der Waals surface area contributed by atoms with Crippen LogP contribution in [0.5, 0.6) is 0 Å². The maximum absolute atomic E-state index is 13.8. The monoisotopic (exact) mass is 320 g/mol. The fourth-order valence-corrected chi connectivity index (χ4v) is 3.79. The van der Waals surface area contributed by atoms with E-state index in [1.807, 2.05) is 13.8 Å². The Labute approximate surface area is 129 Å². The maximum atomic E-state index is 13.8. The van der Waals surface area contributed by atoms with Gasteiger partial charge in [-0.2, -0.15) is 0 Å². The molecule has 3 nitrogen and oxygen atoms in total. The van der Waals surface area contributed by atoms with Crippen LogP contribution in [0.3, 0.4) is 0 Å². The molecule has 0 amide bonds.